The number of carbonyl (C=O) groups excluding carboxylic acids is 2. The van der Waals surface area contributed by atoms with Crippen LogP contribution < -0.4 is 10.6 Å². The van der Waals surface area contributed by atoms with Crippen LogP contribution in [-0.4, -0.2) is 51.9 Å². The third kappa shape index (κ3) is 3.47. The lowest BCUT2D eigenvalue weighted by molar-refractivity contribution is -0.140. The number of rotatable bonds is 7. The number of nitrogens with one attached hydrogen (secondary N) is 2. The van der Waals surface area contributed by atoms with Crippen molar-refractivity contribution in [1.82, 2.24) is 25.1 Å². The summed E-state index contributed by atoms with van der Waals surface area (Å²) in [5, 5.41) is 6.57. The number of nitrogens with zero attached hydrogens (tertiary/aromatic N) is 4. The number of guanidine groups is 1. The first-order valence-corrected chi connectivity index (χ1v) is 11.5. The molecule has 0 radical (unpaired) electrons. The number of aromatic nitrogens is 2. The van der Waals surface area contributed by atoms with E-state index in [1.807, 2.05) is 32.2 Å². The fraction of sp³-hybridized carbons (Fsp3) is 0.500. The highest BCUT2D eigenvalue weighted by molar-refractivity contribution is 6.06. The molecule has 2 aromatic rings. The van der Waals surface area contributed by atoms with E-state index in [-0.39, 0.29) is 35.5 Å². The van der Waals surface area contributed by atoms with Crippen molar-refractivity contribution >= 4 is 28.8 Å². The van der Waals surface area contributed by atoms with Gasteiger partial charge in [-0.05, 0) is 43.7 Å². The average Bonchev–Trinajstić information content (AvgIpc) is 3.54. The number of amides is 2. The van der Waals surface area contributed by atoms with E-state index >= 15 is 0 Å². The molecule has 3 aliphatic rings. The number of aliphatic imine (C=N–C) groups is 1. The van der Waals surface area contributed by atoms with Gasteiger partial charge in [0.05, 0.1) is 22.9 Å². The highest BCUT2D eigenvalue weighted by Gasteiger charge is 2.58. The van der Waals surface area contributed by atoms with Crippen LogP contribution in [0.5, 0.6) is 0 Å². The van der Waals surface area contributed by atoms with Crippen molar-refractivity contribution in [3.63, 3.8) is 0 Å². The van der Waals surface area contributed by atoms with Crippen LogP contribution in [0.15, 0.2) is 41.4 Å². The van der Waals surface area contributed by atoms with Crippen LogP contribution in [0.1, 0.15) is 25.6 Å². The van der Waals surface area contributed by atoms with E-state index in [4.69, 9.17) is 0 Å². The summed E-state index contributed by atoms with van der Waals surface area (Å²) in [7, 11) is 2.00. The van der Waals surface area contributed by atoms with Crippen molar-refractivity contribution < 1.29 is 9.59 Å². The van der Waals surface area contributed by atoms with Crippen molar-refractivity contribution in [3.05, 3.63) is 42.2 Å². The fourth-order valence-corrected chi connectivity index (χ4v) is 5.46. The molecule has 2 heterocycles. The summed E-state index contributed by atoms with van der Waals surface area (Å²) in [6.45, 7) is 4.32. The minimum Gasteiger partial charge on any atom is -0.357 e. The number of aryl methyl sites for hydroxylation is 1. The number of likely N-dealkylation sites (tertiary alicyclic amines) is 1. The molecule has 8 nitrogen and oxygen atoms in total. The number of para-hydroxylation sites is 2. The van der Waals surface area contributed by atoms with Crippen LogP contribution in [0.3, 0.4) is 0 Å². The molecular weight excluding hydrogens is 404 g/mol. The van der Waals surface area contributed by atoms with Gasteiger partial charge in [0.2, 0.25) is 11.8 Å². The summed E-state index contributed by atoms with van der Waals surface area (Å²) in [6.07, 6.45) is 5.92. The van der Waals surface area contributed by atoms with Crippen LogP contribution in [0.25, 0.3) is 11.0 Å². The zero-order valence-corrected chi connectivity index (χ0v) is 18.6. The topological polar surface area (TPSA) is 91.6 Å². The Kier molecular flexibility index (Phi) is 5.45. The Morgan fingerprint density at radius 1 is 1.12 bits per heavy atom. The summed E-state index contributed by atoms with van der Waals surface area (Å²) in [6, 6.07) is 8.05. The summed E-state index contributed by atoms with van der Waals surface area (Å²) in [5.74, 6) is 1.96. The molecule has 1 aliphatic heterocycles. The van der Waals surface area contributed by atoms with E-state index in [0.717, 1.165) is 29.8 Å². The van der Waals surface area contributed by atoms with Crippen molar-refractivity contribution in [3.8, 4) is 0 Å². The zero-order chi connectivity index (χ0) is 22.2. The van der Waals surface area contributed by atoms with Crippen LogP contribution in [0.4, 0.5) is 0 Å². The molecule has 2 N–H and O–H groups in total. The number of imide groups is 1. The molecule has 2 amide bonds. The predicted molar refractivity (Wildman–Crippen MR) is 123 cm³/mol. The highest BCUT2D eigenvalue weighted by atomic mass is 16.2. The summed E-state index contributed by atoms with van der Waals surface area (Å²) < 4.78 is 2.06. The Morgan fingerprint density at radius 3 is 2.53 bits per heavy atom. The fourth-order valence-electron chi connectivity index (χ4n) is 5.46. The number of benzene rings is 1. The van der Waals surface area contributed by atoms with E-state index < -0.39 is 0 Å². The summed E-state index contributed by atoms with van der Waals surface area (Å²) in [5.41, 5.74) is 2.05. The Bertz CT molecular complexity index is 1070. The molecule has 4 unspecified atom stereocenters. The maximum Gasteiger partial charge on any atom is 0.233 e. The molecule has 32 heavy (non-hydrogen) atoms. The van der Waals surface area contributed by atoms with E-state index in [1.54, 1.807) is 0 Å². The van der Waals surface area contributed by atoms with Gasteiger partial charge in [0.1, 0.15) is 12.4 Å². The number of carbonyl (C=O) groups is 2. The van der Waals surface area contributed by atoms with Gasteiger partial charge in [-0.2, -0.15) is 0 Å². The number of hydrogen-bond acceptors (Lipinski definition) is 4. The Hall–Kier alpha value is -3.16. The molecule has 168 valence electrons. The molecule has 0 spiro atoms. The van der Waals surface area contributed by atoms with Gasteiger partial charge in [0.25, 0.3) is 0 Å². The number of allylic oxidation sites excluding steroid dienone is 2. The number of imidazole rings is 1. The smallest absolute Gasteiger partial charge is 0.233 e. The standard InChI is InChI=1S/C24H30N6O2/c1-3-25-24(27-14-19-28-17-7-4-5-8-18(17)29(19)2)26-11-6-12-30-22(31)20-15-9-10-16(13-15)21(20)23(30)32/h4-5,7-10,15-16,20-21H,3,6,11-14H2,1-2H3,(H2,25,26,27). The average molecular weight is 435 g/mol. The molecule has 2 aliphatic carbocycles. The molecule has 1 saturated carbocycles. The largest absolute Gasteiger partial charge is 0.357 e. The SMILES string of the molecule is CCNC(=NCc1nc2ccccc2n1C)NCCCN1C(=O)C2C3C=CC(C3)C2C1=O. The first-order valence-electron chi connectivity index (χ1n) is 11.5. The van der Waals surface area contributed by atoms with Gasteiger partial charge in [-0.3, -0.25) is 14.5 Å². The predicted octanol–water partition coefficient (Wildman–Crippen LogP) is 1.83. The zero-order valence-electron chi connectivity index (χ0n) is 18.6. The van der Waals surface area contributed by atoms with Crippen LogP contribution in [-0.2, 0) is 23.2 Å². The summed E-state index contributed by atoms with van der Waals surface area (Å²) >= 11 is 0. The quantitative estimate of drug-likeness (QED) is 0.228. The van der Waals surface area contributed by atoms with Crippen molar-refractivity contribution in [2.75, 3.05) is 19.6 Å². The van der Waals surface area contributed by atoms with Gasteiger partial charge in [-0.15, -0.1) is 0 Å². The first-order chi connectivity index (χ1) is 15.6. The maximum absolute atomic E-state index is 12.8. The lowest BCUT2D eigenvalue weighted by Gasteiger charge is -2.18. The van der Waals surface area contributed by atoms with E-state index in [2.05, 4.69) is 43.4 Å². The Morgan fingerprint density at radius 2 is 1.84 bits per heavy atom. The van der Waals surface area contributed by atoms with E-state index in [1.165, 1.54) is 4.90 Å². The third-order valence-corrected chi connectivity index (χ3v) is 7.02. The van der Waals surface area contributed by atoms with E-state index in [0.29, 0.717) is 32.0 Å². The summed E-state index contributed by atoms with van der Waals surface area (Å²) in [4.78, 5) is 36.4. The molecule has 5 rings (SSSR count). The van der Waals surface area contributed by atoms with Gasteiger partial charge < -0.3 is 15.2 Å². The molecule has 4 atom stereocenters. The van der Waals surface area contributed by atoms with Gasteiger partial charge in [-0.25, -0.2) is 9.98 Å². The number of hydrogen-bond donors (Lipinski definition) is 2. The minimum atomic E-state index is -0.113. The maximum atomic E-state index is 12.8. The molecule has 1 aromatic carbocycles. The first kappa shape index (κ1) is 20.7. The molecule has 2 fully saturated rings. The van der Waals surface area contributed by atoms with Crippen LogP contribution >= 0.6 is 0 Å². The van der Waals surface area contributed by atoms with Crippen LogP contribution in [0, 0.1) is 23.7 Å². The van der Waals surface area contributed by atoms with Gasteiger partial charge in [-0.1, -0.05) is 24.3 Å². The molecule has 2 bridgehead atoms. The molecular formula is C24H30N6O2. The second kappa shape index (κ2) is 8.41. The Balaban J connectivity index is 1.16. The van der Waals surface area contributed by atoms with Gasteiger partial charge in [0.15, 0.2) is 5.96 Å². The normalized spacial score (nSPS) is 26.4. The lowest BCUT2D eigenvalue weighted by Crippen LogP contribution is -2.40. The molecule has 1 saturated heterocycles. The van der Waals surface area contributed by atoms with Crippen molar-refractivity contribution in [1.29, 1.82) is 0 Å². The Labute approximate surface area is 187 Å². The van der Waals surface area contributed by atoms with Crippen LogP contribution in [0.2, 0.25) is 0 Å². The van der Waals surface area contributed by atoms with Crippen molar-refractivity contribution in [2.24, 2.45) is 35.7 Å². The van der Waals surface area contributed by atoms with E-state index in [9.17, 15) is 9.59 Å². The monoisotopic (exact) mass is 434 g/mol. The lowest BCUT2D eigenvalue weighted by atomic mass is 9.85. The van der Waals surface area contributed by atoms with Gasteiger partial charge >= 0.3 is 0 Å². The minimum absolute atomic E-state index is 0.0271. The second-order valence-corrected chi connectivity index (χ2v) is 8.88. The molecule has 1 aromatic heterocycles. The van der Waals surface area contributed by atoms with Gasteiger partial charge in [0, 0.05) is 26.7 Å². The third-order valence-electron chi connectivity index (χ3n) is 7.02. The molecule has 8 heteroatoms. The van der Waals surface area contributed by atoms with Crippen molar-refractivity contribution in [2.45, 2.75) is 26.3 Å². The highest BCUT2D eigenvalue weighted by Crippen LogP contribution is 2.52. The second-order valence-electron chi connectivity index (χ2n) is 8.88. The number of fused-ring (bicyclic) bond motifs is 6.